The second-order valence-corrected chi connectivity index (χ2v) is 7.39. The number of benzene rings is 2. The number of anilines is 1. The summed E-state index contributed by atoms with van der Waals surface area (Å²) in [6.07, 6.45) is 0.981. The van der Waals surface area contributed by atoms with Crippen LogP contribution < -0.4 is 5.32 Å². The summed E-state index contributed by atoms with van der Waals surface area (Å²) in [6, 6.07) is 14.1. The van der Waals surface area contributed by atoms with Gasteiger partial charge in [-0.2, -0.15) is 0 Å². The van der Waals surface area contributed by atoms with Crippen molar-refractivity contribution in [1.29, 1.82) is 0 Å². The minimum absolute atomic E-state index is 0.00792. The highest BCUT2D eigenvalue weighted by Gasteiger charge is 2.21. The number of urea groups is 1. The van der Waals surface area contributed by atoms with Gasteiger partial charge in [-0.25, -0.2) is 4.79 Å². The highest BCUT2D eigenvalue weighted by atomic mass is 35.5. The van der Waals surface area contributed by atoms with Crippen molar-refractivity contribution in [2.24, 2.45) is 0 Å². The van der Waals surface area contributed by atoms with E-state index in [9.17, 15) is 4.79 Å². The summed E-state index contributed by atoms with van der Waals surface area (Å²) in [5.41, 5.74) is 4.45. The molecule has 1 aliphatic heterocycles. The smallest absolute Gasteiger partial charge is 0.321 e. The van der Waals surface area contributed by atoms with Crippen LogP contribution in [0.25, 0.3) is 0 Å². The summed E-state index contributed by atoms with van der Waals surface area (Å²) in [5.74, 6) is 0. The SMILES string of the molecule is Cc1ccc(NC(=O)N2CCN(CCc3cccc(Cl)c3)CC2)c(C)c1. The van der Waals surface area contributed by atoms with Crippen LogP contribution in [0.3, 0.4) is 0 Å². The Morgan fingerprint density at radius 2 is 1.85 bits per heavy atom. The number of carbonyl (C=O) groups excluding carboxylic acids is 1. The predicted octanol–water partition coefficient (Wildman–Crippen LogP) is 4.35. The normalized spacial score (nSPS) is 15.1. The number of hydrogen-bond donors (Lipinski definition) is 1. The van der Waals surface area contributed by atoms with Crippen LogP contribution in [-0.2, 0) is 6.42 Å². The fourth-order valence-electron chi connectivity index (χ4n) is 3.30. The predicted molar refractivity (Wildman–Crippen MR) is 108 cm³/mol. The van der Waals surface area contributed by atoms with Gasteiger partial charge in [-0.3, -0.25) is 4.90 Å². The first-order valence-electron chi connectivity index (χ1n) is 9.11. The van der Waals surface area contributed by atoms with Crippen molar-refractivity contribution in [3.63, 3.8) is 0 Å². The molecule has 26 heavy (non-hydrogen) atoms. The molecule has 1 N–H and O–H groups in total. The van der Waals surface area contributed by atoms with Crippen LogP contribution >= 0.6 is 11.6 Å². The highest BCUT2D eigenvalue weighted by molar-refractivity contribution is 6.30. The molecule has 2 aromatic rings. The van der Waals surface area contributed by atoms with Crippen LogP contribution in [0.2, 0.25) is 5.02 Å². The number of carbonyl (C=O) groups is 1. The zero-order chi connectivity index (χ0) is 18.5. The fraction of sp³-hybridized carbons (Fsp3) is 0.381. The average molecular weight is 372 g/mol. The minimum Gasteiger partial charge on any atom is -0.322 e. The van der Waals surface area contributed by atoms with Gasteiger partial charge >= 0.3 is 6.03 Å². The second-order valence-electron chi connectivity index (χ2n) is 6.96. The Morgan fingerprint density at radius 1 is 1.08 bits per heavy atom. The molecule has 4 nitrogen and oxygen atoms in total. The molecular formula is C21H26ClN3O. The summed E-state index contributed by atoms with van der Waals surface area (Å²) < 4.78 is 0. The molecule has 2 aromatic carbocycles. The number of aryl methyl sites for hydroxylation is 2. The number of halogens is 1. The van der Waals surface area contributed by atoms with Gasteiger partial charge in [0.05, 0.1) is 0 Å². The Hall–Kier alpha value is -2.04. The standard InChI is InChI=1S/C21H26ClN3O/c1-16-6-7-20(17(2)14-16)23-21(26)25-12-10-24(11-13-25)9-8-18-4-3-5-19(22)15-18/h3-7,14-15H,8-13H2,1-2H3,(H,23,26). The molecule has 1 saturated heterocycles. The summed E-state index contributed by atoms with van der Waals surface area (Å²) in [7, 11) is 0. The molecule has 1 heterocycles. The van der Waals surface area contributed by atoms with Crippen molar-refractivity contribution in [3.05, 3.63) is 64.2 Å². The quantitative estimate of drug-likeness (QED) is 0.867. The summed E-state index contributed by atoms with van der Waals surface area (Å²) in [5, 5.41) is 3.83. The van der Waals surface area contributed by atoms with Crippen LogP contribution in [0.4, 0.5) is 10.5 Å². The van der Waals surface area contributed by atoms with Gasteiger partial charge in [-0.05, 0) is 49.6 Å². The van der Waals surface area contributed by atoms with E-state index >= 15 is 0 Å². The molecule has 0 radical (unpaired) electrons. The van der Waals surface area contributed by atoms with Crippen LogP contribution in [0.5, 0.6) is 0 Å². The molecule has 0 aliphatic carbocycles. The van der Waals surface area contributed by atoms with Gasteiger partial charge in [0.1, 0.15) is 0 Å². The van der Waals surface area contributed by atoms with Gasteiger partial charge in [0.2, 0.25) is 0 Å². The van der Waals surface area contributed by atoms with Gasteiger partial charge in [-0.15, -0.1) is 0 Å². The van der Waals surface area contributed by atoms with Crippen molar-refractivity contribution < 1.29 is 4.79 Å². The lowest BCUT2D eigenvalue weighted by Gasteiger charge is -2.34. The maximum atomic E-state index is 12.5. The molecule has 0 aromatic heterocycles. The first-order valence-corrected chi connectivity index (χ1v) is 9.49. The molecule has 2 amide bonds. The Morgan fingerprint density at radius 3 is 2.54 bits per heavy atom. The Bertz CT molecular complexity index is 770. The number of amides is 2. The number of rotatable bonds is 4. The number of nitrogens with zero attached hydrogens (tertiary/aromatic N) is 2. The lowest BCUT2D eigenvalue weighted by molar-refractivity contribution is 0.148. The van der Waals surface area contributed by atoms with Crippen molar-refractivity contribution in [1.82, 2.24) is 9.80 Å². The van der Waals surface area contributed by atoms with Gasteiger partial charge in [0.15, 0.2) is 0 Å². The van der Waals surface area contributed by atoms with E-state index in [-0.39, 0.29) is 6.03 Å². The molecular weight excluding hydrogens is 346 g/mol. The zero-order valence-electron chi connectivity index (χ0n) is 15.5. The molecule has 0 atom stereocenters. The van der Waals surface area contributed by atoms with E-state index in [1.807, 2.05) is 42.2 Å². The van der Waals surface area contributed by atoms with Gasteiger partial charge < -0.3 is 10.2 Å². The maximum Gasteiger partial charge on any atom is 0.321 e. The molecule has 1 aliphatic rings. The van der Waals surface area contributed by atoms with Crippen LogP contribution in [0.15, 0.2) is 42.5 Å². The van der Waals surface area contributed by atoms with E-state index in [2.05, 4.69) is 29.3 Å². The van der Waals surface area contributed by atoms with Gasteiger partial charge in [0, 0.05) is 43.4 Å². The molecule has 3 rings (SSSR count). The topological polar surface area (TPSA) is 35.6 Å². The zero-order valence-corrected chi connectivity index (χ0v) is 16.2. The second kappa shape index (κ2) is 8.56. The van der Waals surface area contributed by atoms with Crippen LogP contribution in [0, 0.1) is 13.8 Å². The fourth-order valence-corrected chi connectivity index (χ4v) is 3.52. The van der Waals surface area contributed by atoms with E-state index < -0.39 is 0 Å². The molecule has 0 unspecified atom stereocenters. The average Bonchev–Trinajstić information content (AvgIpc) is 2.63. The summed E-state index contributed by atoms with van der Waals surface area (Å²) >= 11 is 6.04. The third-order valence-electron chi connectivity index (χ3n) is 4.89. The summed E-state index contributed by atoms with van der Waals surface area (Å²) in [4.78, 5) is 16.8. The molecule has 0 saturated carbocycles. The van der Waals surface area contributed by atoms with Crippen molar-refractivity contribution in [3.8, 4) is 0 Å². The number of nitrogens with one attached hydrogen (secondary N) is 1. The van der Waals surface area contributed by atoms with E-state index in [0.717, 1.165) is 55.4 Å². The third kappa shape index (κ3) is 4.99. The van der Waals surface area contributed by atoms with Crippen molar-refractivity contribution in [2.45, 2.75) is 20.3 Å². The molecule has 1 fully saturated rings. The summed E-state index contributed by atoms with van der Waals surface area (Å²) in [6.45, 7) is 8.39. The minimum atomic E-state index is -0.00792. The molecule has 0 bridgehead atoms. The highest BCUT2D eigenvalue weighted by Crippen LogP contribution is 2.17. The maximum absolute atomic E-state index is 12.5. The number of piperazine rings is 1. The van der Waals surface area contributed by atoms with Gasteiger partial charge in [0.25, 0.3) is 0 Å². The molecule has 5 heteroatoms. The van der Waals surface area contributed by atoms with Gasteiger partial charge in [-0.1, -0.05) is 41.4 Å². The Kier molecular flexibility index (Phi) is 6.17. The Labute approximate surface area is 160 Å². The van der Waals surface area contributed by atoms with E-state index in [0.29, 0.717) is 0 Å². The van der Waals surface area contributed by atoms with Crippen LogP contribution in [0.1, 0.15) is 16.7 Å². The van der Waals surface area contributed by atoms with E-state index in [1.54, 1.807) is 0 Å². The van der Waals surface area contributed by atoms with Crippen LogP contribution in [-0.4, -0.2) is 48.6 Å². The lowest BCUT2D eigenvalue weighted by Crippen LogP contribution is -2.50. The van der Waals surface area contributed by atoms with Crippen molar-refractivity contribution in [2.75, 3.05) is 38.0 Å². The largest absolute Gasteiger partial charge is 0.322 e. The first-order chi connectivity index (χ1) is 12.5. The molecule has 138 valence electrons. The number of hydrogen-bond acceptors (Lipinski definition) is 2. The third-order valence-corrected chi connectivity index (χ3v) is 5.12. The Balaban J connectivity index is 1.46. The monoisotopic (exact) mass is 371 g/mol. The van der Waals surface area contributed by atoms with E-state index in [1.165, 1.54) is 11.1 Å². The first kappa shape index (κ1) is 18.7. The van der Waals surface area contributed by atoms with E-state index in [4.69, 9.17) is 11.6 Å². The lowest BCUT2D eigenvalue weighted by atomic mass is 10.1. The molecule has 0 spiro atoms. The van der Waals surface area contributed by atoms with Crippen molar-refractivity contribution >= 4 is 23.3 Å².